The lowest BCUT2D eigenvalue weighted by molar-refractivity contribution is 0.0730. The molecule has 158 valence electrons. The lowest BCUT2D eigenvalue weighted by Gasteiger charge is -2.26. The van der Waals surface area contributed by atoms with Crippen LogP contribution in [0, 0.1) is 0 Å². The number of hydrazone groups is 1. The number of aryl methyl sites for hydroxylation is 1. The molecular formula is C21H24N4O3S2. The normalized spacial score (nSPS) is 19.4. The Balaban J connectivity index is 1.43. The van der Waals surface area contributed by atoms with Crippen molar-refractivity contribution in [2.75, 3.05) is 32.1 Å². The van der Waals surface area contributed by atoms with Crippen molar-refractivity contribution in [3.63, 3.8) is 0 Å². The molecule has 30 heavy (non-hydrogen) atoms. The van der Waals surface area contributed by atoms with Crippen molar-refractivity contribution in [3.8, 4) is 0 Å². The average Bonchev–Trinajstić information content (AvgIpc) is 2.81. The number of ether oxygens (including phenoxy) is 1. The van der Waals surface area contributed by atoms with Crippen LogP contribution in [0.15, 0.2) is 63.5 Å². The minimum atomic E-state index is -3.49. The van der Waals surface area contributed by atoms with Gasteiger partial charge in [0.25, 0.3) is 0 Å². The van der Waals surface area contributed by atoms with Gasteiger partial charge in [0.05, 0.1) is 29.5 Å². The van der Waals surface area contributed by atoms with Gasteiger partial charge in [-0.2, -0.15) is 9.41 Å². The van der Waals surface area contributed by atoms with Gasteiger partial charge >= 0.3 is 0 Å². The van der Waals surface area contributed by atoms with Crippen LogP contribution in [-0.2, 0) is 21.2 Å². The Kier molecular flexibility index (Phi) is 6.52. The first-order chi connectivity index (χ1) is 14.6. The van der Waals surface area contributed by atoms with Crippen LogP contribution < -0.4 is 5.43 Å². The molecular weight excluding hydrogens is 420 g/mol. The van der Waals surface area contributed by atoms with E-state index < -0.39 is 10.0 Å². The molecule has 0 unspecified atom stereocenters. The van der Waals surface area contributed by atoms with Crippen molar-refractivity contribution in [3.05, 3.63) is 59.7 Å². The SMILES string of the molecule is CCc1ccc(C2=NNC(=Nc3ccc(S(=O)(=O)N4CCOCC4)cc3)SC2)cc1. The molecule has 2 aromatic carbocycles. The summed E-state index contributed by atoms with van der Waals surface area (Å²) in [4.78, 5) is 4.81. The van der Waals surface area contributed by atoms with Gasteiger partial charge in [-0.1, -0.05) is 43.0 Å². The second-order valence-electron chi connectivity index (χ2n) is 6.94. The number of hydrogen-bond acceptors (Lipinski definition) is 6. The Morgan fingerprint density at radius 3 is 2.40 bits per heavy atom. The number of morpholine rings is 1. The van der Waals surface area contributed by atoms with Gasteiger partial charge in [0.2, 0.25) is 10.0 Å². The summed E-state index contributed by atoms with van der Waals surface area (Å²) < 4.78 is 32.1. The van der Waals surface area contributed by atoms with E-state index in [-0.39, 0.29) is 4.90 Å². The molecule has 2 aliphatic rings. The number of nitrogens with zero attached hydrogens (tertiary/aromatic N) is 3. The summed E-state index contributed by atoms with van der Waals surface area (Å²) in [5.41, 5.74) is 7.06. The molecule has 1 N–H and O–H groups in total. The Bertz CT molecular complexity index is 1040. The minimum absolute atomic E-state index is 0.272. The van der Waals surface area contributed by atoms with E-state index in [2.05, 4.69) is 46.7 Å². The lowest BCUT2D eigenvalue weighted by atomic mass is 10.1. The number of thioether (sulfide) groups is 1. The van der Waals surface area contributed by atoms with Crippen LogP contribution in [0.4, 0.5) is 5.69 Å². The van der Waals surface area contributed by atoms with E-state index in [1.54, 1.807) is 36.0 Å². The summed E-state index contributed by atoms with van der Waals surface area (Å²) in [6.07, 6.45) is 1.02. The van der Waals surface area contributed by atoms with Gasteiger partial charge in [-0.25, -0.2) is 13.4 Å². The van der Waals surface area contributed by atoms with E-state index in [1.807, 2.05) is 0 Å². The average molecular weight is 445 g/mol. The molecule has 1 fully saturated rings. The molecule has 0 atom stereocenters. The van der Waals surface area contributed by atoms with E-state index in [0.29, 0.717) is 37.2 Å². The second-order valence-corrected chi connectivity index (χ2v) is 9.84. The zero-order chi connectivity index (χ0) is 21.0. The first-order valence-electron chi connectivity index (χ1n) is 9.87. The van der Waals surface area contributed by atoms with Gasteiger partial charge in [-0.15, -0.1) is 0 Å². The maximum atomic E-state index is 12.7. The Morgan fingerprint density at radius 2 is 1.80 bits per heavy atom. The largest absolute Gasteiger partial charge is 0.379 e. The Hall–Kier alpha value is -2.20. The molecule has 0 aromatic heterocycles. The monoisotopic (exact) mass is 444 g/mol. The third-order valence-corrected chi connectivity index (χ3v) is 7.79. The van der Waals surface area contributed by atoms with Gasteiger partial charge in [-0.3, -0.25) is 5.43 Å². The molecule has 0 saturated carbocycles. The molecule has 9 heteroatoms. The molecule has 2 aromatic rings. The van der Waals surface area contributed by atoms with E-state index in [4.69, 9.17) is 4.74 Å². The molecule has 0 bridgehead atoms. The number of sulfonamides is 1. The number of amidine groups is 1. The molecule has 2 heterocycles. The predicted octanol–water partition coefficient (Wildman–Crippen LogP) is 3.00. The van der Waals surface area contributed by atoms with E-state index in [1.165, 1.54) is 9.87 Å². The zero-order valence-electron chi connectivity index (χ0n) is 16.7. The van der Waals surface area contributed by atoms with Gasteiger partial charge in [0.15, 0.2) is 5.17 Å². The van der Waals surface area contributed by atoms with Gasteiger partial charge in [-0.05, 0) is 41.8 Å². The lowest BCUT2D eigenvalue weighted by Crippen LogP contribution is -2.40. The number of nitrogens with one attached hydrogen (secondary N) is 1. The molecule has 2 aliphatic heterocycles. The van der Waals surface area contributed by atoms with Crippen LogP contribution >= 0.6 is 11.8 Å². The Labute approximate surface area is 181 Å². The molecule has 0 amide bonds. The van der Waals surface area contributed by atoms with Crippen molar-refractivity contribution < 1.29 is 13.2 Å². The number of benzene rings is 2. The van der Waals surface area contributed by atoms with Gasteiger partial charge < -0.3 is 4.74 Å². The smallest absolute Gasteiger partial charge is 0.243 e. The minimum Gasteiger partial charge on any atom is -0.379 e. The highest BCUT2D eigenvalue weighted by Gasteiger charge is 2.26. The number of rotatable bonds is 5. The first kappa shape index (κ1) is 21.0. The van der Waals surface area contributed by atoms with Crippen LogP contribution in [0.3, 0.4) is 0 Å². The molecule has 1 saturated heterocycles. The first-order valence-corrected chi connectivity index (χ1v) is 12.3. The van der Waals surface area contributed by atoms with Crippen LogP contribution in [0.1, 0.15) is 18.1 Å². The fourth-order valence-electron chi connectivity index (χ4n) is 3.20. The summed E-state index contributed by atoms with van der Waals surface area (Å²) in [5, 5.41) is 5.14. The molecule has 0 radical (unpaired) electrons. The highest BCUT2D eigenvalue weighted by Crippen LogP contribution is 2.23. The number of aliphatic imine (C=N–C) groups is 1. The molecule has 4 rings (SSSR count). The molecule has 7 nitrogen and oxygen atoms in total. The van der Waals surface area contributed by atoms with Crippen LogP contribution in [0.2, 0.25) is 0 Å². The zero-order valence-corrected chi connectivity index (χ0v) is 18.4. The third kappa shape index (κ3) is 4.75. The molecule has 0 spiro atoms. The fourth-order valence-corrected chi connectivity index (χ4v) is 5.39. The topological polar surface area (TPSA) is 83.4 Å². The molecule has 0 aliphatic carbocycles. The summed E-state index contributed by atoms with van der Waals surface area (Å²) in [6, 6.07) is 15.1. The summed E-state index contributed by atoms with van der Waals surface area (Å²) >= 11 is 1.57. The van der Waals surface area contributed by atoms with Crippen LogP contribution in [0.5, 0.6) is 0 Å². The van der Waals surface area contributed by atoms with Crippen LogP contribution in [0.25, 0.3) is 0 Å². The van der Waals surface area contributed by atoms with Crippen molar-refractivity contribution in [1.29, 1.82) is 0 Å². The van der Waals surface area contributed by atoms with Crippen molar-refractivity contribution >= 4 is 38.4 Å². The van der Waals surface area contributed by atoms with Crippen molar-refractivity contribution in [2.24, 2.45) is 10.1 Å². The van der Waals surface area contributed by atoms with Crippen molar-refractivity contribution in [1.82, 2.24) is 9.73 Å². The second kappa shape index (κ2) is 9.30. The Morgan fingerprint density at radius 1 is 1.10 bits per heavy atom. The van der Waals surface area contributed by atoms with Gasteiger partial charge in [0, 0.05) is 18.8 Å². The van der Waals surface area contributed by atoms with E-state index in [9.17, 15) is 8.42 Å². The summed E-state index contributed by atoms with van der Waals surface area (Å²) in [6.45, 7) is 3.76. The fraction of sp³-hybridized carbons (Fsp3) is 0.333. The predicted molar refractivity (Wildman–Crippen MR) is 121 cm³/mol. The third-order valence-electron chi connectivity index (χ3n) is 5.00. The standard InChI is InChI=1S/C21H24N4O3S2/c1-2-16-3-5-17(6-4-16)20-15-29-21(24-23-20)22-18-7-9-19(10-8-18)30(26,27)25-11-13-28-14-12-25/h3-10H,2,11-15H2,1H3,(H,22,24). The van der Waals surface area contributed by atoms with Crippen molar-refractivity contribution in [2.45, 2.75) is 18.2 Å². The summed E-state index contributed by atoms with van der Waals surface area (Å²) in [5.74, 6) is 0.723. The highest BCUT2D eigenvalue weighted by molar-refractivity contribution is 8.14. The summed E-state index contributed by atoms with van der Waals surface area (Å²) in [7, 11) is -3.49. The van der Waals surface area contributed by atoms with E-state index >= 15 is 0 Å². The maximum Gasteiger partial charge on any atom is 0.243 e. The van der Waals surface area contributed by atoms with Gasteiger partial charge in [0.1, 0.15) is 0 Å². The van der Waals surface area contributed by atoms with E-state index in [0.717, 1.165) is 23.4 Å². The highest BCUT2D eigenvalue weighted by atomic mass is 32.2. The van der Waals surface area contributed by atoms with Crippen LogP contribution in [-0.4, -0.2) is 55.7 Å². The maximum absolute atomic E-state index is 12.7. The number of hydrogen-bond donors (Lipinski definition) is 1. The quantitative estimate of drug-likeness (QED) is 0.767.